The van der Waals surface area contributed by atoms with E-state index in [4.69, 9.17) is 4.74 Å². The van der Waals surface area contributed by atoms with Gasteiger partial charge in [0.15, 0.2) is 12.3 Å². The topological polar surface area (TPSA) is 50.7 Å². The molecule has 3 atom stereocenters. The number of hydrogen-bond acceptors (Lipinski definition) is 3. The molecule has 0 aromatic heterocycles. The third-order valence-corrected chi connectivity index (χ3v) is 4.36. The summed E-state index contributed by atoms with van der Waals surface area (Å²) in [7, 11) is 0. The highest BCUT2D eigenvalue weighted by Gasteiger charge is 2.49. The van der Waals surface area contributed by atoms with Crippen molar-refractivity contribution in [1.29, 1.82) is 0 Å². The van der Waals surface area contributed by atoms with Crippen LogP contribution in [0.25, 0.3) is 0 Å². The van der Waals surface area contributed by atoms with Gasteiger partial charge in [0.25, 0.3) is 11.9 Å². The lowest BCUT2D eigenvalue weighted by atomic mass is 9.84. The van der Waals surface area contributed by atoms with Crippen molar-refractivity contribution in [3.63, 3.8) is 0 Å². The van der Waals surface area contributed by atoms with E-state index in [1.54, 1.807) is 30.3 Å². The molecule has 1 aliphatic heterocycles. The number of nitrogens with zero attached hydrogens (tertiary/aromatic N) is 1. The normalized spacial score (nSPS) is 24.5. The molecule has 0 spiro atoms. The van der Waals surface area contributed by atoms with Crippen LogP contribution in [0.5, 0.6) is 0 Å². The minimum atomic E-state index is -2.05. The molecule has 140 valence electrons. The first-order chi connectivity index (χ1) is 12.8. The maximum atomic E-state index is 15.0. The highest BCUT2D eigenvalue weighted by atomic mass is 19.1. The van der Waals surface area contributed by atoms with Gasteiger partial charge >= 0.3 is 0 Å². The van der Waals surface area contributed by atoms with Crippen molar-refractivity contribution >= 4 is 11.9 Å². The summed E-state index contributed by atoms with van der Waals surface area (Å²) >= 11 is 0. The molecule has 1 N–H and O–H groups in total. The van der Waals surface area contributed by atoms with E-state index in [1.165, 1.54) is 25.1 Å². The van der Waals surface area contributed by atoms with Gasteiger partial charge in [-0.3, -0.25) is 10.1 Å². The fourth-order valence-electron chi connectivity index (χ4n) is 2.89. The second-order valence-corrected chi connectivity index (χ2v) is 6.25. The number of nitrogens with one attached hydrogen (secondary N) is 1. The van der Waals surface area contributed by atoms with Crippen LogP contribution in [0.1, 0.15) is 22.8 Å². The molecule has 0 unspecified atom stereocenters. The van der Waals surface area contributed by atoms with Crippen molar-refractivity contribution < 1.29 is 22.7 Å². The van der Waals surface area contributed by atoms with Crippen molar-refractivity contribution in [2.45, 2.75) is 24.7 Å². The van der Waals surface area contributed by atoms with Gasteiger partial charge in [-0.25, -0.2) is 18.2 Å². The number of amides is 1. The number of aliphatic imine (C=N–C) groups is 1. The summed E-state index contributed by atoms with van der Waals surface area (Å²) in [5.74, 6) is -2.37. The molecule has 0 bridgehead atoms. The molecule has 0 fully saturated rings. The molecule has 0 saturated carbocycles. The van der Waals surface area contributed by atoms with Crippen LogP contribution in [0.3, 0.4) is 0 Å². The summed E-state index contributed by atoms with van der Waals surface area (Å²) in [6.45, 7) is 4.40. The zero-order valence-corrected chi connectivity index (χ0v) is 14.5. The maximum Gasteiger partial charge on any atom is 0.293 e. The van der Waals surface area contributed by atoms with Crippen LogP contribution >= 0.6 is 0 Å². The fraction of sp³-hybridized carbons (Fsp3) is 0.200. The van der Waals surface area contributed by atoms with Crippen LogP contribution in [0.2, 0.25) is 0 Å². The maximum absolute atomic E-state index is 15.0. The van der Waals surface area contributed by atoms with Crippen LogP contribution in [0.15, 0.2) is 72.0 Å². The number of halogens is 3. The zero-order valence-electron chi connectivity index (χ0n) is 14.5. The lowest BCUT2D eigenvalue weighted by molar-refractivity contribution is 0.0250. The summed E-state index contributed by atoms with van der Waals surface area (Å²) in [5, 5.41) is 2.38. The summed E-state index contributed by atoms with van der Waals surface area (Å²) in [6.07, 6.45) is -3.79. The average molecular weight is 374 g/mol. The van der Waals surface area contributed by atoms with E-state index in [0.717, 1.165) is 6.07 Å². The standard InChI is InChI=1S/C20H17F3N2O2/c1-12(21)16-17(23)20(2,14-10-6-7-11-15(14)22)25-19(27-16)24-18(26)13-8-4-3-5-9-13/h3-11,16-17H,1H2,2H3,(H,24,25,26)/t16-,17+,20-/m1/s1. The van der Waals surface area contributed by atoms with Crippen molar-refractivity contribution in [1.82, 2.24) is 5.32 Å². The molecule has 2 aromatic rings. The molecule has 1 aliphatic rings. The number of hydrogen-bond donors (Lipinski definition) is 1. The molecule has 27 heavy (non-hydrogen) atoms. The average Bonchev–Trinajstić information content (AvgIpc) is 2.65. The van der Waals surface area contributed by atoms with E-state index in [2.05, 4.69) is 16.9 Å². The van der Waals surface area contributed by atoms with Gasteiger partial charge in [0.1, 0.15) is 17.2 Å². The van der Waals surface area contributed by atoms with Gasteiger partial charge < -0.3 is 4.74 Å². The van der Waals surface area contributed by atoms with Crippen LogP contribution < -0.4 is 5.32 Å². The number of ether oxygens (including phenoxy) is 1. The Kier molecular flexibility index (Phi) is 5.03. The summed E-state index contributed by atoms with van der Waals surface area (Å²) < 4.78 is 48.3. The lowest BCUT2D eigenvalue weighted by Gasteiger charge is -2.38. The highest BCUT2D eigenvalue weighted by Crippen LogP contribution is 2.40. The van der Waals surface area contributed by atoms with Gasteiger partial charge in [0, 0.05) is 11.1 Å². The Morgan fingerprint density at radius 1 is 1.19 bits per heavy atom. The third kappa shape index (κ3) is 3.58. The number of amidine groups is 1. The first-order valence-electron chi connectivity index (χ1n) is 8.19. The number of rotatable bonds is 3. The van der Waals surface area contributed by atoms with E-state index in [1.807, 2.05) is 0 Å². The second-order valence-electron chi connectivity index (χ2n) is 6.25. The van der Waals surface area contributed by atoms with Gasteiger partial charge in [-0.2, -0.15) is 0 Å². The quantitative estimate of drug-likeness (QED) is 0.881. The highest BCUT2D eigenvalue weighted by molar-refractivity contribution is 6.04. The lowest BCUT2D eigenvalue weighted by Crippen LogP contribution is -2.51. The smallest absolute Gasteiger partial charge is 0.293 e. The molecular formula is C20H17F3N2O2. The van der Waals surface area contributed by atoms with Crippen LogP contribution in [0.4, 0.5) is 13.2 Å². The van der Waals surface area contributed by atoms with Gasteiger partial charge in [0.05, 0.1) is 0 Å². The minimum Gasteiger partial charge on any atom is -0.451 e. The van der Waals surface area contributed by atoms with Crippen molar-refractivity contribution in [2.24, 2.45) is 4.99 Å². The van der Waals surface area contributed by atoms with Crippen molar-refractivity contribution in [3.05, 3.63) is 83.9 Å². The third-order valence-electron chi connectivity index (χ3n) is 4.36. The molecule has 0 aliphatic carbocycles. The Balaban J connectivity index is 2.01. The van der Waals surface area contributed by atoms with E-state index >= 15 is 4.39 Å². The minimum absolute atomic E-state index is 0.0847. The van der Waals surface area contributed by atoms with Crippen LogP contribution in [-0.4, -0.2) is 24.2 Å². The summed E-state index contributed by atoms with van der Waals surface area (Å²) in [4.78, 5) is 16.4. The summed E-state index contributed by atoms with van der Waals surface area (Å²) in [5.41, 5.74) is -1.60. The van der Waals surface area contributed by atoms with Crippen LogP contribution in [0, 0.1) is 5.82 Å². The second kappa shape index (κ2) is 7.26. The molecule has 2 aromatic carbocycles. The van der Waals surface area contributed by atoms with E-state index in [0.29, 0.717) is 5.56 Å². The van der Waals surface area contributed by atoms with Gasteiger partial charge in [0.2, 0.25) is 0 Å². The number of alkyl halides is 1. The molecule has 3 rings (SSSR count). The SMILES string of the molecule is C=C(F)[C@H]1OC(NC(=O)c2ccccc2)=N[C@](C)(c2ccccc2F)[C@H]1F. The van der Waals surface area contributed by atoms with Gasteiger partial charge in [-0.05, 0) is 25.1 Å². The Morgan fingerprint density at radius 3 is 2.44 bits per heavy atom. The van der Waals surface area contributed by atoms with E-state index in [9.17, 15) is 13.6 Å². The molecule has 1 heterocycles. The van der Waals surface area contributed by atoms with Crippen LogP contribution in [-0.2, 0) is 10.3 Å². The Bertz CT molecular complexity index is 901. The molecule has 0 saturated heterocycles. The van der Waals surface area contributed by atoms with Gasteiger partial charge in [-0.1, -0.05) is 43.0 Å². The molecule has 4 nitrogen and oxygen atoms in total. The molecule has 1 amide bonds. The molecule has 7 heteroatoms. The van der Waals surface area contributed by atoms with E-state index < -0.39 is 41.4 Å². The van der Waals surface area contributed by atoms with Crippen molar-refractivity contribution in [2.75, 3.05) is 0 Å². The summed E-state index contributed by atoms with van der Waals surface area (Å²) in [6, 6.07) is 13.2. The number of benzene rings is 2. The monoisotopic (exact) mass is 374 g/mol. The fourth-order valence-corrected chi connectivity index (χ4v) is 2.89. The Morgan fingerprint density at radius 2 is 1.81 bits per heavy atom. The molecular weight excluding hydrogens is 357 g/mol. The van der Waals surface area contributed by atoms with Crippen molar-refractivity contribution in [3.8, 4) is 0 Å². The van der Waals surface area contributed by atoms with E-state index in [-0.39, 0.29) is 5.56 Å². The largest absolute Gasteiger partial charge is 0.451 e. The predicted molar refractivity (Wildman–Crippen MR) is 95.1 cm³/mol. The predicted octanol–water partition coefficient (Wildman–Crippen LogP) is 4.05. The number of carbonyl (C=O) groups excluding carboxylic acids is 1. The number of carbonyl (C=O) groups is 1. The molecule has 0 radical (unpaired) electrons. The Labute approximate surface area is 154 Å². The van der Waals surface area contributed by atoms with Gasteiger partial charge in [-0.15, -0.1) is 0 Å². The zero-order chi connectivity index (χ0) is 19.6. The Hall–Kier alpha value is -3.09. The first-order valence-corrected chi connectivity index (χ1v) is 8.19. The first kappa shape index (κ1) is 18.7.